The third-order valence-electron chi connectivity index (χ3n) is 3.27. The highest BCUT2D eigenvalue weighted by Gasteiger charge is 2.15. The number of rotatable bonds is 7. The summed E-state index contributed by atoms with van der Waals surface area (Å²) in [6.45, 7) is 4.47. The maximum absolute atomic E-state index is 11.8. The van der Waals surface area contributed by atoms with E-state index in [1.54, 1.807) is 12.1 Å². The summed E-state index contributed by atoms with van der Waals surface area (Å²) < 4.78 is 5.18. The summed E-state index contributed by atoms with van der Waals surface area (Å²) in [6, 6.07) is 6.70. The van der Waals surface area contributed by atoms with Crippen LogP contribution in [0.5, 0.6) is 0 Å². The van der Waals surface area contributed by atoms with Crippen LogP contribution in [0.1, 0.15) is 26.2 Å². The molecular formula is C16H21ClN4O2. The van der Waals surface area contributed by atoms with Crippen LogP contribution in [0.3, 0.4) is 0 Å². The van der Waals surface area contributed by atoms with Crippen LogP contribution in [0, 0.1) is 5.92 Å². The van der Waals surface area contributed by atoms with Crippen molar-refractivity contribution in [2.75, 3.05) is 6.54 Å². The van der Waals surface area contributed by atoms with Gasteiger partial charge < -0.3 is 15.6 Å². The van der Waals surface area contributed by atoms with Gasteiger partial charge in [-0.25, -0.2) is 0 Å². The zero-order valence-corrected chi connectivity index (χ0v) is 14.0. The van der Waals surface area contributed by atoms with E-state index in [4.69, 9.17) is 21.9 Å². The molecule has 2 rings (SSSR count). The average molecular weight is 337 g/mol. The summed E-state index contributed by atoms with van der Waals surface area (Å²) in [4.78, 5) is 16.1. The Morgan fingerprint density at radius 1 is 1.35 bits per heavy atom. The van der Waals surface area contributed by atoms with Crippen LogP contribution in [0.25, 0.3) is 11.4 Å². The lowest BCUT2D eigenvalue weighted by Gasteiger charge is -2.13. The molecule has 2 aromatic rings. The van der Waals surface area contributed by atoms with E-state index in [0.29, 0.717) is 42.0 Å². The molecule has 0 bridgehead atoms. The van der Waals surface area contributed by atoms with Crippen LogP contribution in [0.4, 0.5) is 0 Å². The number of hydrogen-bond donors (Lipinski definition) is 2. The van der Waals surface area contributed by atoms with Gasteiger partial charge in [-0.1, -0.05) is 30.6 Å². The van der Waals surface area contributed by atoms with Crippen LogP contribution in [0.2, 0.25) is 5.02 Å². The standard InChI is InChI=1S/C16H21ClN4O2/c1-10(2)9-13(18)16(22)19-8-7-14-20-15(21-23-14)11-3-5-12(17)6-4-11/h3-6,10,13H,7-9,18H2,1-2H3,(H,19,22)/t13-/m0/s1. The van der Waals surface area contributed by atoms with Gasteiger partial charge in [0.1, 0.15) is 0 Å². The van der Waals surface area contributed by atoms with Gasteiger partial charge in [-0.15, -0.1) is 0 Å². The van der Waals surface area contributed by atoms with Crippen LogP contribution in [-0.2, 0) is 11.2 Å². The average Bonchev–Trinajstić information content (AvgIpc) is 2.96. The normalized spacial score (nSPS) is 12.4. The number of benzene rings is 1. The van der Waals surface area contributed by atoms with Crippen molar-refractivity contribution in [3.8, 4) is 11.4 Å². The van der Waals surface area contributed by atoms with Crippen molar-refractivity contribution >= 4 is 17.5 Å². The summed E-state index contributed by atoms with van der Waals surface area (Å²) in [5, 5.41) is 7.36. The van der Waals surface area contributed by atoms with Gasteiger partial charge in [0.15, 0.2) is 0 Å². The maximum Gasteiger partial charge on any atom is 0.236 e. The predicted octanol–water partition coefficient (Wildman–Crippen LogP) is 2.42. The second-order valence-corrected chi connectivity index (χ2v) is 6.23. The Balaban J connectivity index is 1.83. The molecule has 0 radical (unpaired) electrons. The van der Waals surface area contributed by atoms with Gasteiger partial charge in [0.05, 0.1) is 6.04 Å². The van der Waals surface area contributed by atoms with Gasteiger partial charge in [0.25, 0.3) is 0 Å². The third-order valence-corrected chi connectivity index (χ3v) is 3.52. The quantitative estimate of drug-likeness (QED) is 0.809. The van der Waals surface area contributed by atoms with E-state index in [1.807, 2.05) is 26.0 Å². The van der Waals surface area contributed by atoms with Gasteiger partial charge in [-0.05, 0) is 36.6 Å². The second-order valence-electron chi connectivity index (χ2n) is 5.80. The molecule has 23 heavy (non-hydrogen) atoms. The number of amides is 1. The highest BCUT2D eigenvalue weighted by molar-refractivity contribution is 6.30. The Kier molecular flexibility index (Phi) is 6.12. The summed E-state index contributed by atoms with van der Waals surface area (Å²) in [7, 11) is 0. The summed E-state index contributed by atoms with van der Waals surface area (Å²) in [5.41, 5.74) is 6.64. The first-order valence-corrected chi connectivity index (χ1v) is 7.95. The minimum Gasteiger partial charge on any atom is -0.354 e. The molecule has 0 aliphatic rings. The topological polar surface area (TPSA) is 94.0 Å². The molecule has 3 N–H and O–H groups in total. The molecule has 0 aliphatic heterocycles. The van der Waals surface area contributed by atoms with Crippen molar-refractivity contribution in [3.63, 3.8) is 0 Å². The minimum absolute atomic E-state index is 0.156. The van der Waals surface area contributed by atoms with Gasteiger partial charge in [0, 0.05) is 23.6 Å². The predicted molar refractivity (Wildman–Crippen MR) is 88.9 cm³/mol. The zero-order chi connectivity index (χ0) is 16.8. The summed E-state index contributed by atoms with van der Waals surface area (Å²) in [6.07, 6.45) is 1.12. The van der Waals surface area contributed by atoms with E-state index in [9.17, 15) is 4.79 Å². The second kappa shape index (κ2) is 8.08. The van der Waals surface area contributed by atoms with Crippen LogP contribution < -0.4 is 11.1 Å². The summed E-state index contributed by atoms with van der Waals surface area (Å²) in [5.74, 6) is 1.19. The molecule has 0 saturated heterocycles. The highest BCUT2D eigenvalue weighted by Crippen LogP contribution is 2.18. The number of carbonyl (C=O) groups excluding carboxylic acids is 1. The van der Waals surface area contributed by atoms with Crippen LogP contribution >= 0.6 is 11.6 Å². The van der Waals surface area contributed by atoms with E-state index in [-0.39, 0.29) is 5.91 Å². The van der Waals surface area contributed by atoms with E-state index >= 15 is 0 Å². The van der Waals surface area contributed by atoms with Crippen molar-refractivity contribution in [1.82, 2.24) is 15.5 Å². The molecule has 0 fully saturated rings. The Bertz CT molecular complexity index is 640. The Morgan fingerprint density at radius 3 is 2.70 bits per heavy atom. The highest BCUT2D eigenvalue weighted by atomic mass is 35.5. The molecule has 1 amide bonds. The van der Waals surface area contributed by atoms with Crippen molar-refractivity contribution in [1.29, 1.82) is 0 Å². The van der Waals surface area contributed by atoms with Crippen LogP contribution in [0.15, 0.2) is 28.8 Å². The lowest BCUT2D eigenvalue weighted by atomic mass is 10.0. The Hall–Kier alpha value is -1.92. The van der Waals surface area contributed by atoms with E-state index in [0.717, 1.165) is 5.56 Å². The fourth-order valence-corrected chi connectivity index (χ4v) is 2.24. The molecule has 124 valence electrons. The summed E-state index contributed by atoms with van der Waals surface area (Å²) >= 11 is 5.84. The lowest BCUT2D eigenvalue weighted by Crippen LogP contribution is -2.42. The number of nitrogens with one attached hydrogen (secondary N) is 1. The number of aromatic nitrogens is 2. The number of hydrogen-bond acceptors (Lipinski definition) is 5. The largest absolute Gasteiger partial charge is 0.354 e. The number of nitrogens with zero attached hydrogens (tertiary/aromatic N) is 2. The third kappa shape index (κ3) is 5.33. The zero-order valence-electron chi connectivity index (χ0n) is 13.3. The van der Waals surface area contributed by atoms with E-state index in [1.165, 1.54) is 0 Å². The molecule has 1 aromatic heterocycles. The first kappa shape index (κ1) is 17.4. The number of halogens is 1. The molecule has 6 nitrogen and oxygen atoms in total. The molecular weight excluding hydrogens is 316 g/mol. The van der Waals surface area contributed by atoms with E-state index < -0.39 is 6.04 Å². The van der Waals surface area contributed by atoms with Crippen molar-refractivity contribution in [3.05, 3.63) is 35.2 Å². The Labute approximate surface area is 140 Å². The number of carbonyl (C=O) groups is 1. The molecule has 0 aliphatic carbocycles. The van der Waals surface area contributed by atoms with Crippen molar-refractivity contribution < 1.29 is 9.32 Å². The van der Waals surface area contributed by atoms with Gasteiger partial charge >= 0.3 is 0 Å². The molecule has 1 atom stereocenters. The first-order valence-electron chi connectivity index (χ1n) is 7.57. The molecule has 1 heterocycles. The van der Waals surface area contributed by atoms with E-state index in [2.05, 4.69) is 15.5 Å². The molecule has 0 spiro atoms. The van der Waals surface area contributed by atoms with Gasteiger partial charge in [-0.2, -0.15) is 4.98 Å². The maximum atomic E-state index is 11.8. The fraction of sp³-hybridized carbons (Fsp3) is 0.438. The number of nitrogens with two attached hydrogens (primary N) is 1. The monoisotopic (exact) mass is 336 g/mol. The SMILES string of the molecule is CC(C)C[C@H](N)C(=O)NCCc1nc(-c2ccc(Cl)cc2)no1. The van der Waals surface area contributed by atoms with Crippen molar-refractivity contribution in [2.24, 2.45) is 11.7 Å². The molecule has 0 saturated carbocycles. The van der Waals surface area contributed by atoms with Crippen LogP contribution in [-0.4, -0.2) is 28.6 Å². The Morgan fingerprint density at radius 2 is 2.04 bits per heavy atom. The van der Waals surface area contributed by atoms with Gasteiger partial charge in [-0.3, -0.25) is 4.79 Å². The molecule has 7 heteroatoms. The first-order chi connectivity index (χ1) is 11.0. The van der Waals surface area contributed by atoms with Gasteiger partial charge in [0.2, 0.25) is 17.6 Å². The fourth-order valence-electron chi connectivity index (χ4n) is 2.11. The molecule has 0 unspecified atom stereocenters. The van der Waals surface area contributed by atoms with Crippen molar-refractivity contribution in [2.45, 2.75) is 32.7 Å². The lowest BCUT2D eigenvalue weighted by molar-refractivity contribution is -0.122. The smallest absolute Gasteiger partial charge is 0.236 e. The minimum atomic E-state index is -0.484. The molecule has 1 aromatic carbocycles.